The molecule has 1 aliphatic heterocycles. The zero-order valence-electron chi connectivity index (χ0n) is 9.40. The molecule has 1 fully saturated rings. The minimum Gasteiger partial charge on any atom is -0.347 e. The van der Waals surface area contributed by atoms with Crippen LogP contribution in [-0.2, 0) is 0 Å². The lowest BCUT2D eigenvalue weighted by Gasteiger charge is -2.17. The van der Waals surface area contributed by atoms with Crippen molar-refractivity contribution in [2.24, 2.45) is 0 Å². The maximum atomic E-state index is 5.99. The Labute approximate surface area is 109 Å². The van der Waals surface area contributed by atoms with E-state index in [0.29, 0.717) is 0 Å². The van der Waals surface area contributed by atoms with Gasteiger partial charge in [0.15, 0.2) is 5.13 Å². The van der Waals surface area contributed by atoms with Gasteiger partial charge in [0.25, 0.3) is 0 Å². The summed E-state index contributed by atoms with van der Waals surface area (Å²) in [6.45, 7) is 3.93. The highest BCUT2D eigenvalue weighted by atomic mass is 35.5. The third kappa shape index (κ3) is 2.39. The van der Waals surface area contributed by atoms with Crippen LogP contribution in [0.3, 0.4) is 0 Å². The molecular formula is C12H13ClN3S. The van der Waals surface area contributed by atoms with E-state index in [0.717, 1.165) is 53.0 Å². The van der Waals surface area contributed by atoms with Crippen LogP contribution in [-0.4, -0.2) is 31.2 Å². The molecule has 89 valence electrons. The monoisotopic (exact) mass is 266 g/mol. The second-order valence-corrected chi connectivity index (χ2v) is 5.57. The summed E-state index contributed by atoms with van der Waals surface area (Å²) in [5.41, 5.74) is 1.04. The molecule has 3 nitrogen and oxygen atoms in total. The minimum atomic E-state index is 0.776. The second-order valence-electron chi connectivity index (χ2n) is 4.12. The van der Waals surface area contributed by atoms with Gasteiger partial charge in [0.05, 0.1) is 10.2 Å². The fourth-order valence-corrected chi connectivity index (χ4v) is 3.29. The molecule has 5 heteroatoms. The molecule has 3 rings (SSSR count). The normalized spacial score (nSPS) is 17.4. The van der Waals surface area contributed by atoms with Gasteiger partial charge >= 0.3 is 0 Å². The third-order valence-corrected chi connectivity index (χ3v) is 4.20. The Balaban J connectivity index is 1.93. The van der Waals surface area contributed by atoms with Gasteiger partial charge in [0.1, 0.15) is 0 Å². The molecule has 0 unspecified atom stereocenters. The Morgan fingerprint density at radius 1 is 1.24 bits per heavy atom. The first-order valence-corrected chi connectivity index (χ1v) is 6.97. The van der Waals surface area contributed by atoms with Crippen LogP contribution in [0.1, 0.15) is 6.42 Å². The SMILES string of the molecule is Clc1ccc2nc(N3CCC[N]CC3)sc2c1. The largest absolute Gasteiger partial charge is 0.347 e. The van der Waals surface area contributed by atoms with Gasteiger partial charge in [-0.3, -0.25) is 0 Å². The molecule has 0 saturated carbocycles. The first kappa shape index (κ1) is 11.3. The predicted molar refractivity (Wildman–Crippen MR) is 73.3 cm³/mol. The lowest BCUT2D eigenvalue weighted by molar-refractivity contribution is 0.709. The minimum absolute atomic E-state index is 0.776. The van der Waals surface area contributed by atoms with Crippen LogP contribution in [0.5, 0.6) is 0 Å². The molecule has 0 spiro atoms. The molecular weight excluding hydrogens is 254 g/mol. The van der Waals surface area contributed by atoms with Crippen LogP contribution in [0.25, 0.3) is 10.2 Å². The number of hydrogen-bond acceptors (Lipinski definition) is 3. The molecule has 1 saturated heterocycles. The molecule has 1 aliphatic rings. The standard InChI is InChI=1S/C12H13ClN3S/c13-9-2-3-10-11(8-9)17-12(15-10)16-6-1-4-14-5-7-16/h2-3,8H,1,4-7H2. The second kappa shape index (κ2) is 4.80. The first-order chi connectivity index (χ1) is 8.33. The van der Waals surface area contributed by atoms with E-state index in [1.807, 2.05) is 18.2 Å². The Kier molecular flexibility index (Phi) is 3.18. The van der Waals surface area contributed by atoms with Crippen LogP contribution in [0, 0.1) is 0 Å². The molecule has 1 aromatic carbocycles. The van der Waals surface area contributed by atoms with Crippen LogP contribution < -0.4 is 10.2 Å². The molecule has 17 heavy (non-hydrogen) atoms. The smallest absolute Gasteiger partial charge is 0.186 e. The molecule has 1 aromatic heterocycles. The molecule has 1 radical (unpaired) electrons. The van der Waals surface area contributed by atoms with Crippen LogP contribution in [0.2, 0.25) is 5.02 Å². The van der Waals surface area contributed by atoms with Gasteiger partial charge < -0.3 is 4.90 Å². The number of fused-ring (bicyclic) bond motifs is 1. The number of nitrogens with zero attached hydrogens (tertiary/aromatic N) is 3. The van der Waals surface area contributed by atoms with Gasteiger partial charge in [-0.05, 0) is 24.6 Å². The van der Waals surface area contributed by atoms with Crippen molar-refractivity contribution >= 4 is 38.3 Å². The quantitative estimate of drug-likeness (QED) is 0.795. The number of anilines is 1. The number of thiazole rings is 1. The Bertz CT molecular complexity index is 517. The van der Waals surface area contributed by atoms with Gasteiger partial charge in [-0.15, -0.1) is 0 Å². The number of benzene rings is 1. The van der Waals surface area contributed by atoms with E-state index in [2.05, 4.69) is 15.2 Å². The number of rotatable bonds is 1. The zero-order chi connectivity index (χ0) is 11.7. The lowest BCUT2D eigenvalue weighted by Crippen LogP contribution is -2.26. The summed E-state index contributed by atoms with van der Waals surface area (Å²) in [5, 5.41) is 6.30. The van der Waals surface area contributed by atoms with Gasteiger partial charge in [0.2, 0.25) is 0 Å². The fourth-order valence-electron chi connectivity index (χ4n) is 2.00. The molecule has 2 aromatic rings. The molecule has 0 amide bonds. The third-order valence-electron chi connectivity index (χ3n) is 2.88. The molecule has 0 atom stereocenters. The number of aromatic nitrogens is 1. The molecule has 2 heterocycles. The van der Waals surface area contributed by atoms with E-state index in [1.54, 1.807) is 11.3 Å². The van der Waals surface area contributed by atoms with Crippen molar-refractivity contribution in [3.63, 3.8) is 0 Å². The Hall–Kier alpha value is -0.840. The van der Waals surface area contributed by atoms with Crippen molar-refractivity contribution in [2.75, 3.05) is 31.1 Å². The summed E-state index contributed by atoms with van der Waals surface area (Å²) in [7, 11) is 0. The van der Waals surface area contributed by atoms with Crippen molar-refractivity contribution < 1.29 is 0 Å². The first-order valence-electron chi connectivity index (χ1n) is 5.77. The van der Waals surface area contributed by atoms with Crippen molar-refractivity contribution in [1.29, 1.82) is 0 Å². The Morgan fingerprint density at radius 3 is 3.12 bits per heavy atom. The fraction of sp³-hybridized carbons (Fsp3) is 0.417. The van der Waals surface area contributed by atoms with Crippen molar-refractivity contribution in [3.8, 4) is 0 Å². The van der Waals surface area contributed by atoms with Crippen LogP contribution in [0.4, 0.5) is 5.13 Å². The summed E-state index contributed by atoms with van der Waals surface area (Å²) in [4.78, 5) is 6.99. The number of hydrogen-bond donors (Lipinski definition) is 0. The lowest BCUT2D eigenvalue weighted by atomic mass is 10.3. The Morgan fingerprint density at radius 2 is 2.18 bits per heavy atom. The topological polar surface area (TPSA) is 30.2 Å². The maximum absolute atomic E-state index is 5.99. The van der Waals surface area contributed by atoms with Crippen molar-refractivity contribution in [2.45, 2.75) is 6.42 Å². The summed E-state index contributed by atoms with van der Waals surface area (Å²) in [6, 6.07) is 5.87. The van der Waals surface area contributed by atoms with Crippen molar-refractivity contribution in [3.05, 3.63) is 23.2 Å². The predicted octanol–water partition coefficient (Wildman–Crippen LogP) is 2.76. The highest BCUT2D eigenvalue weighted by molar-refractivity contribution is 7.22. The summed E-state index contributed by atoms with van der Waals surface area (Å²) in [6.07, 6.45) is 1.12. The maximum Gasteiger partial charge on any atom is 0.186 e. The van der Waals surface area contributed by atoms with E-state index >= 15 is 0 Å². The van der Waals surface area contributed by atoms with Crippen LogP contribution >= 0.6 is 22.9 Å². The number of halogens is 1. The van der Waals surface area contributed by atoms with Gasteiger partial charge in [-0.1, -0.05) is 22.9 Å². The van der Waals surface area contributed by atoms with E-state index in [1.165, 1.54) is 0 Å². The highest BCUT2D eigenvalue weighted by Crippen LogP contribution is 2.30. The van der Waals surface area contributed by atoms with Gasteiger partial charge in [-0.2, -0.15) is 0 Å². The molecule has 0 bridgehead atoms. The average Bonchev–Trinajstić information content (AvgIpc) is 2.57. The van der Waals surface area contributed by atoms with Gasteiger partial charge in [0, 0.05) is 31.2 Å². The summed E-state index contributed by atoms with van der Waals surface area (Å²) in [5.74, 6) is 0. The zero-order valence-corrected chi connectivity index (χ0v) is 11.0. The molecule has 0 aliphatic carbocycles. The van der Waals surface area contributed by atoms with Crippen molar-refractivity contribution in [1.82, 2.24) is 10.3 Å². The molecule has 0 N–H and O–H groups in total. The highest BCUT2D eigenvalue weighted by Gasteiger charge is 2.14. The average molecular weight is 267 g/mol. The van der Waals surface area contributed by atoms with Gasteiger partial charge in [-0.25, -0.2) is 10.3 Å². The van der Waals surface area contributed by atoms with E-state index in [-0.39, 0.29) is 0 Å². The van der Waals surface area contributed by atoms with E-state index in [9.17, 15) is 0 Å². The van der Waals surface area contributed by atoms with Crippen LogP contribution in [0.15, 0.2) is 18.2 Å². The van der Waals surface area contributed by atoms with E-state index < -0.39 is 0 Å². The van der Waals surface area contributed by atoms with E-state index in [4.69, 9.17) is 11.6 Å². The summed E-state index contributed by atoms with van der Waals surface area (Å²) >= 11 is 7.71. The summed E-state index contributed by atoms with van der Waals surface area (Å²) < 4.78 is 1.16.